The van der Waals surface area contributed by atoms with E-state index in [2.05, 4.69) is 9.97 Å². The van der Waals surface area contributed by atoms with Gasteiger partial charge in [-0.05, 0) is 58.7 Å². The first-order valence-corrected chi connectivity index (χ1v) is 17.5. The Hall–Kier alpha value is -4.10. The van der Waals surface area contributed by atoms with Crippen molar-refractivity contribution in [3.05, 3.63) is 78.1 Å². The molecule has 2 aromatic carbocycles. The van der Waals surface area contributed by atoms with Crippen LogP contribution in [-0.4, -0.2) is 71.9 Å². The Kier molecular flexibility index (Phi) is 8.38. The van der Waals surface area contributed by atoms with Gasteiger partial charge >= 0.3 is 6.09 Å². The number of aryl methyl sites for hydroxylation is 1. The first kappa shape index (κ1) is 31.3. The maximum absolute atomic E-state index is 14.2. The van der Waals surface area contributed by atoms with Crippen molar-refractivity contribution in [2.24, 2.45) is 0 Å². The largest absolute Gasteiger partial charge is 0.444 e. The highest BCUT2D eigenvalue weighted by Crippen LogP contribution is 2.42. The van der Waals surface area contributed by atoms with Crippen molar-refractivity contribution in [3.63, 3.8) is 0 Å². The summed E-state index contributed by atoms with van der Waals surface area (Å²) < 4.78 is 59.9. The number of hydrogen-bond donors (Lipinski definition) is 0. The van der Waals surface area contributed by atoms with Gasteiger partial charge in [0, 0.05) is 37.0 Å². The summed E-state index contributed by atoms with van der Waals surface area (Å²) in [5.74, 6) is -0.266. The molecule has 1 amide bonds. The van der Waals surface area contributed by atoms with Crippen molar-refractivity contribution in [1.29, 1.82) is 0 Å². The SMILES string of the molecule is Cc1ccc(S(=O)(=O)n2nc(C3CCN(C(=O)OC(C)(C)C)CC3)c(-c3ccnc(S(C)(=O)=O)n3)c2-c2ccccc2)cc1. The van der Waals surface area contributed by atoms with Gasteiger partial charge in [0.05, 0.1) is 27.5 Å². The second kappa shape index (κ2) is 11.8. The smallest absolute Gasteiger partial charge is 0.410 e. The van der Waals surface area contributed by atoms with E-state index in [-0.39, 0.29) is 27.4 Å². The van der Waals surface area contributed by atoms with Crippen molar-refractivity contribution < 1.29 is 26.4 Å². The molecule has 232 valence electrons. The number of ether oxygens (including phenoxy) is 1. The lowest BCUT2D eigenvalue weighted by atomic mass is 9.89. The minimum Gasteiger partial charge on any atom is -0.444 e. The van der Waals surface area contributed by atoms with E-state index in [0.717, 1.165) is 15.9 Å². The van der Waals surface area contributed by atoms with Gasteiger partial charge in [0.15, 0.2) is 0 Å². The first-order valence-electron chi connectivity index (χ1n) is 14.2. The maximum atomic E-state index is 14.2. The monoisotopic (exact) mass is 637 g/mol. The molecule has 0 saturated carbocycles. The molecule has 1 fully saturated rings. The molecule has 0 N–H and O–H groups in total. The topological polar surface area (TPSA) is 141 Å². The normalized spacial score (nSPS) is 14.9. The third kappa shape index (κ3) is 6.53. The van der Waals surface area contributed by atoms with Crippen LogP contribution in [0.3, 0.4) is 0 Å². The zero-order valence-corrected chi connectivity index (χ0v) is 26.9. The van der Waals surface area contributed by atoms with Crippen LogP contribution in [0.1, 0.15) is 50.8 Å². The number of likely N-dealkylation sites (tertiary alicyclic amines) is 1. The number of nitrogens with zero attached hydrogens (tertiary/aromatic N) is 5. The van der Waals surface area contributed by atoms with Gasteiger partial charge in [0.25, 0.3) is 10.0 Å². The quantitative estimate of drug-likeness (QED) is 0.265. The van der Waals surface area contributed by atoms with Crippen LogP contribution in [0.4, 0.5) is 4.79 Å². The second-order valence-corrected chi connectivity index (χ2v) is 15.6. The average molecular weight is 638 g/mol. The molecule has 2 aromatic heterocycles. The van der Waals surface area contributed by atoms with Crippen LogP contribution in [0.2, 0.25) is 0 Å². The van der Waals surface area contributed by atoms with Crippen LogP contribution in [0, 0.1) is 6.92 Å². The van der Waals surface area contributed by atoms with Crippen LogP contribution in [0.15, 0.2) is 76.9 Å². The number of piperidine rings is 1. The standard InChI is InChI=1S/C31H35N5O6S2/c1-21-11-13-24(14-12-21)44(40,41)36-28(23-9-7-6-8-10-23)26(25-15-18-32-29(33-25)43(5,38)39)27(34-36)22-16-19-35(20-17-22)30(37)42-31(2,3)4/h6-15,18,22H,16-17,19-20H2,1-5H3. The number of hydrogen-bond acceptors (Lipinski definition) is 9. The summed E-state index contributed by atoms with van der Waals surface area (Å²) in [5, 5.41) is 4.38. The van der Waals surface area contributed by atoms with Gasteiger partial charge in [0.1, 0.15) is 5.60 Å². The van der Waals surface area contributed by atoms with E-state index < -0.39 is 31.6 Å². The number of rotatable bonds is 6. The molecule has 4 aromatic rings. The number of sulfone groups is 1. The van der Waals surface area contributed by atoms with Crippen LogP contribution in [0.25, 0.3) is 22.5 Å². The van der Waals surface area contributed by atoms with Gasteiger partial charge in [0.2, 0.25) is 15.0 Å². The molecule has 0 bridgehead atoms. The van der Waals surface area contributed by atoms with Crippen molar-refractivity contribution in [1.82, 2.24) is 24.1 Å². The minimum absolute atomic E-state index is 0.0557. The maximum Gasteiger partial charge on any atom is 0.410 e. The van der Waals surface area contributed by atoms with Gasteiger partial charge in [-0.15, -0.1) is 0 Å². The van der Waals surface area contributed by atoms with E-state index in [1.807, 2.05) is 33.8 Å². The van der Waals surface area contributed by atoms with Crippen molar-refractivity contribution >= 4 is 26.0 Å². The molecule has 0 atom stereocenters. The number of amides is 1. The Morgan fingerprint density at radius 2 is 1.57 bits per heavy atom. The third-order valence-electron chi connectivity index (χ3n) is 7.23. The summed E-state index contributed by atoms with van der Waals surface area (Å²) >= 11 is 0. The Balaban J connectivity index is 1.71. The van der Waals surface area contributed by atoms with Crippen LogP contribution >= 0.6 is 0 Å². The first-order chi connectivity index (χ1) is 20.6. The molecular formula is C31H35N5O6S2. The van der Waals surface area contributed by atoms with Crippen molar-refractivity contribution in [2.45, 2.75) is 62.1 Å². The zero-order chi connectivity index (χ0) is 31.9. The predicted molar refractivity (Wildman–Crippen MR) is 165 cm³/mol. The molecule has 13 heteroatoms. The number of aromatic nitrogens is 4. The highest BCUT2D eigenvalue weighted by molar-refractivity contribution is 7.90. The fourth-order valence-corrected chi connectivity index (χ4v) is 6.94. The summed E-state index contributed by atoms with van der Waals surface area (Å²) in [6.07, 6.45) is 2.90. The van der Waals surface area contributed by atoms with E-state index in [4.69, 9.17) is 9.84 Å². The lowest BCUT2D eigenvalue weighted by Gasteiger charge is -2.33. The molecule has 0 radical (unpaired) electrons. The van der Waals surface area contributed by atoms with E-state index in [0.29, 0.717) is 42.8 Å². The van der Waals surface area contributed by atoms with E-state index in [1.165, 1.54) is 18.3 Å². The minimum atomic E-state index is -4.21. The zero-order valence-electron chi connectivity index (χ0n) is 25.3. The van der Waals surface area contributed by atoms with Gasteiger partial charge < -0.3 is 9.64 Å². The summed E-state index contributed by atoms with van der Waals surface area (Å²) in [6.45, 7) is 8.03. The molecule has 44 heavy (non-hydrogen) atoms. The van der Waals surface area contributed by atoms with Gasteiger partial charge in [-0.3, -0.25) is 0 Å². The molecule has 11 nitrogen and oxygen atoms in total. The molecule has 1 aliphatic heterocycles. The van der Waals surface area contributed by atoms with Gasteiger partial charge in [-0.25, -0.2) is 23.2 Å². The van der Waals surface area contributed by atoms with Crippen LogP contribution in [0.5, 0.6) is 0 Å². The Morgan fingerprint density at radius 3 is 2.16 bits per heavy atom. The summed E-state index contributed by atoms with van der Waals surface area (Å²) in [4.78, 5) is 22.8. The van der Waals surface area contributed by atoms with E-state index >= 15 is 0 Å². The molecule has 5 rings (SSSR count). The molecule has 1 saturated heterocycles. The lowest BCUT2D eigenvalue weighted by Crippen LogP contribution is -2.41. The van der Waals surface area contributed by atoms with Gasteiger partial charge in [-0.1, -0.05) is 48.0 Å². The molecule has 1 aliphatic rings. The van der Waals surface area contributed by atoms with E-state index in [9.17, 15) is 21.6 Å². The van der Waals surface area contributed by atoms with Gasteiger partial charge in [-0.2, -0.15) is 17.6 Å². The molecule has 3 heterocycles. The molecule has 0 aliphatic carbocycles. The number of benzene rings is 2. The van der Waals surface area contributed by atoms with Crippen LogP contribution < -0.4 is 0 Å². The summed E-state index contributed by atoms with van der Waals surface area (Å²) in [6, 6.07) is 17.0. The van der Waals surface area contributed by atoms with E-state index in [1.54, 1.807) is 47.4 Å². The third-order valence-corrected chi connectivity index (χ3v) is 9.68. The second-order valence-electron chi connectivity index (χ2n) is 11.9. The number of carbonyl (C=O) groups is 1. The fourth-order valence-electron chi connectivity index (χ4n) is 5.11. The summed E-state index contributed by atoms with van der Waals surface area (Å²) in [7, 11) is -7.98. The molecule has 0 spiro atoms. The lowest BCUT2D eigenvalue weighted by molar-refractivity contribution is 0.0204. The van der Waals surface area contributed by atoms with Crippen molar-refractivity contribution in [2.75, 3.05) is 19.3 Å². The van der Waals surface area contributed by atoms with Crippen LogP contribution in [-0.2, 0) is 24.6 Å². The molecular weight excluding hydrogens is 603 g/mol. The Bertz CT molecular complexity index is 1890. The average Bonchev–Trinajstić information content (AvgIpc) is 3.38. The van der Waals surface area contributed by atoms with Crippen molar-refractivity contribution in [3.8, 4) is 22.5 Å². The Morgan fingerprint density at radius 1 is 0.932 bits per heavy atom. The highest BCUT2D eigenvalue weighted by Gasteiger charge is 2.35. The predicted octanol–water partition coefficient (Wildman–Crippen LogP) is 5.07. The Labute approximate surface area is 257 Å². The summed E-state index contributed by atoms with van der Waals surface area (Å²) in [5.41, 5.74) is 2.15. The molecule has 0 unspecified atom stereocenters. The fraction of sp³-hybridized carbons (Fsp3) is 0.355. The highest BCUT2D eigenvalue weighted by atomic mass is 32.2. The number of carbonyl (C=O) groups excluding carboxylic acids is 1.